The molecule has 0 radical (unpaired) electrons. The highest BCUT2D eigenvalue weighted by Crippen LogP contribution is 2.38. The van der Waals surface area contributed by atoms with E-state index in [0.717, 1.165) is 4.42 Å². The number of amides is 3. The van der Waals surface area contributed by atoms with Gasteiger partial charge in [0, 0.05) is 22.3 Å². The molecule has 0 aromatic heterocycles. The van der Waals surface area contributed by atoms with Crippen molar-refractivity contribution in [2.45, 2.75) is 33.2 Å². The van der Waals surface area contributed by atoms with Crippen molar-refractivity contribution in [3.05, 3.63) is 21.8 Å². The first-order valence-corrected chi connectivity index (χ1v) is 10.6. The SMILES string of the molecule is CC(=O)N(Cl)c1c(I)c(C(=O)NC(C)O)c(I)c(C(=O)NC(C)O)c1I. The fourth-order valence-corrected chi connectivity index (χ4v) is 6.99. The molecule has 0 aliphatic rings. The third-order valence-electron chi connectivity index (χ3n) is 2.90. The van der Waals surface area contributed by atoms with Crippen LogP contribution in [0.15, 0.2) is 0 Å². The summed E-state index contributed by atoms with van der Waals surface area (Å²) in [6, 6.07) is 0. The van der Waals surface area contributed by atoms with Gasteiger partial charge in [-0.2, -0.15) is 0 Å². The molecule has 0 heterocycles. The summed E-state index contributed by atoms with van der Waals surface area (Å²) in [5.74, 6) is -1.77. The number of halogens is 4. The van der Waals surface area contributed by atoms with Crippen LogP contribution in [-0.2, 0) is 4.79 Å². The zero-order valence-electron chi connectivity index (χ0n) is 13.7. The Hall–Kier alpha value is 0.0300. The van der Waals surface area contributed by atoms with Crippen LogP contribution in [0.25, 0.3) is 0 Å². The average molecular weight is 721 g/mol. The highest BCUT2D eigenvalue weighted by Gasteiger charge is 2.31. The highest BCUT2D eigenvalue weighted by molar-refractivity contribution is 14.1. The Balaban J connectivity index is 3.80. The van der Waals surface area contributed by atoms with Gasteiger partial charge < -0.3 is 20.8 Å². The van der Waals surface area contributed by atoms with Crippen molar-refractivity contribution in [1.29, 1.82) is 0 Å². The third kappa shape index (κ3) is 5.52. The van der Waals surface area contributed by atoms with E-state index in [2.05, 4.69) is 10.6 Å². The minimum atomic E-state index is -1.12. The Morgan fingerprint density at radius 1 is 0.923 bits per heavy atom. The van der Waals surface area contributed by atoms with E-state index in [-0.39, 0.29) is 16.8 Å². The maximum atomic E-state index is 12.5. The largest absolute Gasteiger partial charge is 0.374 e. The van der Waals surface area contributed by atoms with Crippen molar-refractivity contribution in [2.75, 3.05) is 4.42 Å². The second-order valence-electron chi connectivity index (χ2n) is 5.14. The molecule has 0 saturated carbocycles. The Morgan fingerprint density at radius 3 is 1.54 bits per heavy atom. The lowest BCUT2D eigenvalue weighted by Gasteiger charge is -2.23. The fraction of sp³-hybridized carbons (Fsp3) is 0.357. The van der Waals surface area contributed by atoms with Gasteiger partial charge in [0.15, 0.2) is 0 Å². The van der Waals surface area contributed by atoms with Crippen LogP contribution in [0.4, 0.5) is 5.69 Å². The maximum Gasteiger partial charge on any atom is 0.255 e. The molecule has 1 aromatic rings. The molecule has 3 amide bonds. The summed E-state index contributed by atoms with van der Waals surface area (Å²) in [5, 5.41) is 23.6. The van der Waals surface area contributed by atoms with Crippen molar-refractivity contribution in [2.24, 2.45) is 0 Å². The predicted octanol–water partition coefficient (Wildman–Crippen LogP) is 2.14. The van der Waals surface area contributed by atoms with Crippen molar-refractivity contribution in [3.8, 4) is 0 Å². The lowest BCUT2D eigenvalue weighted by Crippen LogP contribution is -2.37. The van der Waals surface area contributed by atoms with Crippen LogP contribution in [0.5, 0.6) is 0 Å². The van der Waals surface area contributed by atoms with E-state index < -0.39 is 30.2 Å². The number of hydrogen-bond acceptors (Lipinski definition) is 5. The first-order chi connectivity index (χ1) is 11.9. The Bertz CT molecular complexity index is 709. The number of aliphatic hydroxyl groups excluding tert-OH is 2. The molecule has 0 aliphatic carbocycles. The standard InChI is InChI=1S/C14H15ClI3N3O5/c1-4(22)19-13(25)7-9(16)8(14(26)20-5(2)23)11(18)12(10(7)17)21(15)6(3)24/h4-5,22-23H,1-3H3,(H,19,25)(H,20,26). The second-order valence-corrected chi connectivity index (χ2v) is 8.71. The smallest absolute Gasteiger partial charge is 0.255 e. The Kier molecular flexibility index (Phi) is 9.25. The Morgan fingerprint density at radius 2 is 1.27 bits per heavy atom. The van der Waals surface area contributed by atoms with Crippen molar-refractivity contribution < 1.29 is 24.6 Å². The molecule has 1 rings (SSSR count). The lowest BCUT2D eigenvalue weighted by molar-refractivity contribution is -0.115. The summed E-state index contributed by atoms with van der Waals surface area (Å²) >= 11 is 11.6. The zero-order chi connectivity index (χ0) is 20.3. The van der Waals surface area contributed by atoms with Gasteiger partial charge in [0.05, 0.1) is 24.0 Å². The van der Waals surface area contributed by atoms with Gasteiger partial charge in [-0.05, 0) is 81.6 Å². The van der Waals surface area contributed by atoms with Gasteiger partial charge in [0.25, 0.3) is 11.8 Å². The predicted molar refractivity (Wildman–Crippen MR) is 122 cm³/mol. The van der Waals surface area contributed by atoms with Crippen molar-refractivity contribution in [1.82, 2.24) is 10.6 Å². The quantitative estimate of drug-likeness (QED) is 0.211. The van der Waals surface area contributed by atoms with Crippen LogP contribution in [0.3, 0.4) is 0 Å². The summed E-state index contributed by atoms with van der Waals surface area (Å²) in [7, 11) is 0. The van der Waals surface area contributed by atoms with Crippen LogP contribution in [0.1, 0.15) is 41.5 Å². The van der Waals surface area contributed by atoms with Gasteiger partial charge >= 0.3 is 0 Å². The van der Waals surface area contributed by atoms with Crippen molar-refractivity contribution >= 4 is 103 Å². The van der Waals surface area contributed by atoms with E-state index in [4.69, 9.17) is 11.8 Å². The van der Waals surface area contributed by atoms with Gasteiger partial charge in [-0.25, -0.2) is 4.42 Å². The van der Waals surface area contributed by atoms with Gasteiger partial charge in [0.1, 0.15) is 12.5 Å². The molecule has 4 N–H and O–H groups in total. The zero-order valence-corrected chi connectivity index (χ0v) is 21.0. The van der Waals surface area contributed by atoms with Gasteiger partial charge in [-0.3, -0.25) is 14.4 Å². The number of hydrogen-bond donors (Lipinski definition) is 4. The summed E-state index contributed by atoms with van der Waals surface area (Å²) in [5.41, 5.74) is 0.350. The number of rotatable bonds is 5. The van der Waals surface area contributed by atoms with Crippen LogP contribution >= 0.6 is 79.5 Å². The van der Waals surface area contributed by atoms with E-state index in [0.29, 0.717) is 10.7 Å². The van der Waals surface area contributed by atoms with Crippen LogP contribution in [-0.4, -0.2) is 40.4 Å². The molecule has 1 aromatic carbocycles. The molecule has 8 nitrogen and oxygen atoms in total. The maximum absolute atomic E-state index is 12.5. The molecule has 26 heavy (non-hydrogen) atoms. The monoisotopic (exact) mass is 721 g/mol. The molecular formula is C14H15ClI3N3O5. The number of carbonyl (C=O) groups excluding carboxylic acids is 3. The van der Waals surface area contributed by atoms with Crippen LogP contribution in [0.2, 0.25) is 0 Å². The Labute approximate surface area is 195 Å². The van der Waals surface area contributed by atoms with Crippen LogP contribution in [0, 0.1) is 10.7 Å². The first kappa shape index (κ1) is 24.1. The number of anilines is 1. The van der Waals surface area contributed by atoms with Gasteiger partial charge in [-0.15, -0.1) is 0 Å². The molecule has 0 fully saturated rings. The lowest BCUT2D eigenvalue weighted by atomic mass is 10.1. The molecule has 0 saturated heterocycles. The van der Waals surface area contributed by atoms with E-state index >= 15 is 0 Å². The second kappa shape index (κ2) is 9.99. The molecule has 12 heteroatoms. The summed E-state index contributed by atoms with van der Waals surface area (Å²) in [6.45, 7) is 3.98. The first-order valence-electron chi connectivity index (χ1n) is 7.04. The van der Waals surface area contributed by atoms with E-state index in [9.17, 15) is 24.6 Å². The molecule has 0 aliphatic heterocycles. The topological polar surface area (TPSA) is 119 Å². The van der Waals surface area contributed by atoms with Gasteiger partial charge in [-0.1, -0.05) is 0 Å². The number of nitrogens with one attached hydrogen (secondary N) is 2. The number of aliphatic hydroxyl groups is 2. The molecular weight excluding hydrogens is 706 g/mol. The van der Waals surface area contributed by atoms with E-state index in [1.54, 1.807) is 0 Å². The van der Waals surface area contributed by atoms with E-state index in [1.165, 1.54) is 20.8 Å². The number of benzene rings is 1. The molecule has 0 spiro atoms. The normalized spacial score (nSPS) is 13.0. The average Bonchev–Trinajstić information content (AvgIpc) is 2.44. The summed E-state index contributed by atoms with van der Waals surface area (Å²) in [4.78, 5) is 36.8. The van der Waals surface area contributed by atoms with Crippen LogP contribution < -0.4 is 15.1 Å². The fourth-order valence-electron chi connectivity index (χ4n) is 1.90. The summed E-state index contributed by atoms with van der Waals surface area (Å²) < 4.78 is 1.80. The minimum Gasteiger partial charge on any atom is -0.374 e. The number of nitrogens with zero attached hydrogens (tertiary/aromatic N) is 1. The number of carbonyl (C=O) groups is 3. The minimum absolute atomic E-state index is 0.0881. The van der Waals surface area contributed by atoms with E-state index in [1.807, 2.05) is 67.8 Å². The highest BCUT2D eigenvalue weighted by atomic mass is 127. The molecule has 0 bridgehead atoms. The molecule has 2 unspecified atom stereocenters. The summed E-state index contributed by atoms with van der Waals surface area (Å²) in [6.07, 6.45) is -2.24. The molecule has 144 valence electrons. The third-order valence-corrected chi connectivity index (χ3v) is 6.49. The van der Waals surface area contributed by atoms with Crippen molar-refractivity contribution in [3.63, 3.8) is 0 Å². The molecule has 2 atom stereocenters. The van der Waals surface area contributed by atoms with Gasteiger partial charge in [0.2, 0.25) is 5.91 Å².